The van der Waals surface area contributed by atoms with Gasteiger partial charge in [-0.15, -0.1) is 0 Å². The topological polar surface area (TPSA) is 90.4 Å². The third-order valence-electron chi connectivity index (χ3n) is 2.82. The van der Waals surface area contributed by atoms with Crippen molar-refractivity contribution in [3.8, 4) is 5.75 Å². The highest BCUT2D eigenvalue weighted by molar-refractivity contribution is 6.37. The highest BCUT2D eigenvalue weighted by atomic mass is 35.5. The molecule has 0 aliphatic heterocycles. The summed E-state index contributed by atoms with van der Waals surface area (Å²) < 4.78 is 0. The Morgan fingerprint density at radius 1 is 1.33 bits per heavy atom. The molecule has 0 fully saturated rings. The van der Waals surface area contributed by atoms with Crippen molar-refractivity contribution in [3.05, 3.63) is 49.4 Å². The maximum Gasteiger partial charge on any atom is 0.255 e. The Morgan fingerprint density at radius 3 is 2.52 bits per heavy atom. The molecule has 0 radical (unpaired) electrons. The molecule has 2 rings (SSSR count). The number of hydrogen-bond acceptors (Lipinski definition) is 5. The second-order valence-corrected chi connectivity index (χ2v) is 5.14. The number of nitrogens with one attached hydrogen (secondary N) is 2. The van der Waals surface area contributed by atoms with Crippen LogP contribution in [-0.4, -0.2) is 21.3 Å². The SMILES string of the molecule is Cc1nc(N/N=C\c2cc(Cl)c(O)c(Cl)c2)[nH]c(=O)c1C. The molecule has 0 amide bonds. The molecule has 0 aliphatic rings. The van der Waals surface area contributed by atoms with Gasteiger partial charge in [-0.05, 0) is 31.5 Å². The van der Waals surface area contributed by atoms with E-state index >= 15 is 0 Å². The molecule has 1 heterocycles. The van der Waals surface area contributed by atoms with Gasteiger partial charge >= 0.3 is 0 Å². The number of aromatic amines is 1. The molecular weight excluding hydrogens is 315 g/mol. The second kappa shape index (κ2) is 6.15. The van der Waals surface area contributed by atoms with E-state index in [0.717, 1.165) is 0 Å². The quantitative estimate of drug-likeness (QED) is 0.597. The Labute approximate surface area is 130 Å². The summed E-state index contributed by atoms with van der Waals surface area (Å²) in [7, 11) is 0. The van der Waals surface area contributed by atoms with E-state index in [1.165, 1.54) is 18.3 Å². The first-order valence-electron chi connectivity index (χ1n) is 5.93. The van der Waals surface area contributed by atoms with Gasteiger partial charge in [0.1, 0.15) is 0 Å². The largest absolute Gasteiger partial charge is 0.505 e. The van der Waals surface area contributed by atoms with Crippen molar-refractivity contribution >= 4 is 35.4 Å². The Bertz CT molecular complexity index is 748. The van der Waals surface area contributed by atoms with Crippen LogP contribution in [0, 0.1) is 13.8 Å². The number of hydrogen-bond donors (Lipinski definition) is 3. The predicted octanol–water partition coefficient (Wildman–Crippen LogP) is 2.85. The first kappa shape index (κ1) is 15.3. The molecule has 8 heteroatoms. The predicted molar refractivity (Wildman–Crippen MR) is 83.7 cm³/mol. The molecule has 0 bridgehead atoms. The number of hydrazone groups is 1. The van der Waals surface area contributed by atoms with Crippen molar-refractivity contribution in [1.82, 2.24) is 9.97 Å². The van der Waals surface area contributed by atoms with Gasteiger partial charge in [-0.3, -0.25) is 9.78 Å². The van der Waals surface area contributed by atoms with Gasteiger partial charge in [-0.1, -0.05) is 23.2 Å². The minimum absolute atomic E-state index is 0.127. The van der Waals surface area contributed by atoms with Crippen molar-refractivity contribution in [2.45, 2.75) is 13.8 Å². The molecule has 6 nitrogen and oxygen atoms in total. The summed E-state index contributed by atoms with van der Waals surface area (Å²) >= 11 is 11.6. The summed E-state index contributed by atoms with van der Waals surface area (Å²) in [5, 5.41) is 13.6. The number of rotatable bonds is 3. The van der Waals surface area contributed by atoms with Gasteiger partial charge in [-0.25, -0.2) is 10.4 Å². The molecule has 0 saturated carbocycles. The molecule has 1 aromatic carbocycles. The lowest BCUT2D eigenvalue weighted by Gasteiger charge is -2.03. The maximum absolute atomic E-state index is 11.6. The molecule has 1 aromatic heterocycles. The van der Waals surface area contributed by atoms with Crippen molar-refractivity contribution < 1.29 is 5.11 Å². The zero-order chi connectivity index (χ0) is 15.6. The van der Waals surface area contributed by atoms with Crippen molar-refractivity contribution in [2.75, 3.05) is 5.43 Å². The Balaban J connectivity index is 2.18. The number of nitrogens with zero attached hydrogens (tertiary/aromatic N) is 2. The van der Waals surface area contributed by atoms with E-state index in [9.17, 15) is 9.90 Å². The highest BCUT2D eigenvalue weighted by Gasteiger charge is 2.05. The summed E-state index contributed by atoms with van der Waals surface area (Å²) in [6.45, 7) is 3.42. The number of benzene rings is 1. The molecule has 0 unspecified atom stereocenters. The summed E-state index contributed by atoms with van der Waals surface area (Å²) in [4.78, 5) is 18.3. The normalized spacial score (nSPS) is 11.0. The number of aromatic nitrogens is 2. The molecule has 2 aromatic rings. The number of phenolic OH excluding ortho intramolecular Hbond substituents is 1. The van der Waals surface area contributed by atoms with Gasteiger partial charge in [-0.2, -0.15) is 5.10 Å². The summed E-state index contributed by atoms with van der Waals surface area (Å²) in [5.41, 5.74) is 4.14. The van der Waals surface area contributed by atoms with Gasteiger partial charge in [0.2, 0.25) is 5.95 Å². The lowest BCUT2D eigenvalue weighted by molar-refractivity contribution is 0.476. The maximum atomic E-state index is 11.6. The Kier molecular flexibility index (Phi) is 4.50. The number of H-pyrrole nitrogens is 1. The Hall–Kier alpha value is -2.05. The van der Waals surface area contributed by atoms with Crippen molar-refractivity contribution in [3.63, 3.8) is 0 Å². The van der Waals surface area contributed by atoms with E-state index < -0.39 is 0 Å². The van der Waals surface area contributed by atoms with E-state index in [1.807, 2.05) is 0 Å². The molecule has 21 heavy (non-hydrogen) atoms. The van der Waals surface area contributed by atoms with Crippen molar-refractivity contribution in [2.24, 2.45) is 5.10 Å². The lowest BCUT2D eigenvalue weighted by Crippen LogP contribution is -2.15. The summed E-state index contributed by atoms with van der Waals surface area (Å²) in [6.07, 6.45) is 1.44. The first-order chi connectivity index (χ1) is 9.88. The fourth-order valence-corrected chi connectivity index (χ4v) is 2.03. The molecule has 0 aliphatic carbocycles. The third-order valence-corrected chi connectivity index (χ3v) is 3.39. The van der Waals surface area contributed by atoms with Crippen LogP contribution in [0.15, 0.2) is 22.0 Å². The van der Waals surface area contributed by atoms with Gasteiger partial charge in [0.15, 0.2) is 5.75 Å². The van der Waals surface area contributed by atoms with Crippen molar-refractivity contribution in [1.29, 1.82) is 0 Å². The van der Waals surface area contributed by atoms with Crippen LogP contribution in [0.5, 0.6) is 5.75 Å². The average Bonchev–Trinajstić information content (AvgIpc) is 2.42. The van der Waals surface area contributed by atoms with E-state index in [1.54, 1.807) is 13.8 Å². The van der Waals surface area contributed by atoms with E-state index in [2.05, 4.69) is 20.5 Å². The number of aromatic hydroxyl groups is 1. The van der Waals surface area contributed by atoms with Crippen LogP contribution in [0.2, 0.25) is 10.0 Å². The second-order valence-electron chi connectivity index (χ2n) is 4.33. The van der Waals surface area contributed by atoms with Crippen LogP contribution in [0.25, 0.3) is 0 Å². The molecule has 3 N–H and O–H groups in total. The number of aryl methyl sites for hydroxylation is 1. The summed E-state index contributed by atoms with van der Waals surface area (Å²) in [5.74, 6) is 0.0546. The number of anilines is 1. The van der Waals surface area contributed by atoms with Crippen LogP contribution in [0.4, 0.5) is 5.95 Å². The van der Waals surface area contributed by atoms with Crippen LogP contribution in [-0.2, 0) is 0 Å². The fraction of sp³-hybridized carbons (Fsp3) is 0.154. The van der Waals surface area contributed by atoms with Gasteiger partial charge in [0, 0.05) is 11.3 Å². The fourth-order valence-electron chi connectivity index (χ4n) is 1.53. The molecule has 0 saturated heterocycles. The smallest absolute Gasteiger partial charge is 0.255 e. The monoisotopic (exact) mass is 326 g/mol. The molecule has 0 spiro atoms. The highest BCUT2D eigenvalue weighted by Crippen LogP contribution is 2.32. The standard InChI is InChI=1S/C13H12Cl2N4O2/c1-6-7(2)17-13(18-12(6)21)19-16-5-8-3-9(14)11(20)10(15)4-8/h3-5,20H,1-2H3,(H2,17,18,19,21)/b16-5-. The molecule has 0 atom stereocenters. The van der Waals surface area contributed by atoms with Gasteiger partial charge in [0.05, 0.1) is 16.3 Å². The lowest BCUT2D eigenvalue weighted by atomic mass is 10.2. The summed E-state index contributed by atoms with van der Waals surface area (Å²) in [6, 6.07) is 3.01. The van der Waals surface area contributed by atoms with Gasteiger partial charge < -0.3 is 5.11 Å². The van der Waals surface area contributed by atoms with E-state index in [-0.39, 0.29) is 27.3 Å². The first-order valence-corrected chi connectivity index (χ1v) is 6.68. The van der Waals surface area contributed by atoms with Crippen LogP contribution in [0.3, 0.4) is 0 Å². The zero-order valence-corrected chi connectivity index (χ0v) is 12.7. The van der Waals surface area contributed by atoms with E-state index in [0.29, 0.717) is 16.8 Å². The number of phenols is 1. The average molecular weight is 327 g/mol. The zero-order valence-electron chi connectivity index (χ0n) is 11.2. The third kappa shape index (κ3) is 3.53. The van der Waals surface area contributed by atoms with Crippen LogP contribution < -0.4 is 11.0 Å². The van der Waals surface area contributed by atoms with Crippen LogP contribution >= 0.6 is 23.2 Å². The van der Waals surface area contributed by atoms with Crippen LogP contribution in [0.1, 0.15) is 16.8 Å². The molecule has 110 valence electrons. The Morgan fingerprint density at radius 2 is 1.95 bits per heavy atom. The minimum atomic E-state index is -0.226. The van der Waals surface area contributed by atoms with E-state index in [4.69, 9.17) is 23.2 Å². The van der Waals surface area contributed by atoms with Gasteiger partial charge in [0.25, 0.3) is 5.56 Å². The number of halogens is 2. The minimum Gasteiger partial charge on any atom is -0.505 e. The molecular formula is C13H12Cl2N4O2.